The van der Waals surface area contributed by atoms with E-state index in [-0.39, 0.29) is 18.5 Å². The molecule has 142 valence electrons. The number of hydrogen-bond donors (Lipinski definition) is 1. The number of benzene rings is 1. The molecule has 0 saturated carbocycles. The van der Waals surface area contributed by atoms with Crippen LogP contribution in [0.25, 0.3) is 0 Å². The molecule has 1 aromatic carbocycles. The van der Waals surface area contributed by atoms with Crippen LogP contribution in [0, 0.1) is 0 Å². The summed E-state index contributed by atoms with van der Waals surface area (Å²) in [4.78, 5) is 28.4. The molecule has 7 heteroatoms. The molecule has 7 nitrogen and oxygen atoms in total. The number of nitrogens with one attached hydrogen (secondary N) is 1. The van der Waals surface area contributed by atoms with E-state index in [0.29, 0.717) is 37.7 Å². The summed E-state index contributed by atoms with van der Waals surface area (Å²) in [6.45, 7) is 3.83. The van der Waals surface area contributed by atoms with E-state index >= 15 is 0 Å². The SMILES string of the molecule is O=C(COc1ccccc1NC(=O)N1CCCCCC1)N1CCOCC1. The Labute approximate surface area is 154 Å². The number of carbonyl (C=O) groups excluding carboxylic acids is 2. The molecule has 0 spiro atoms. The molecule has 0 atom stereocenters. The lowest BCUT2D eigenvalue weighted by Crippen LogP contribution is -2.43. The van der Waals surface area contributed by atoms with Gasteiger partial charge in [-0.2, -0.15) is 0 Å². The maximum absolute atomic E-state index is 12.5. The molecule has 0 radical (unpaired) electrons. The number of ether oxygens (including phenoxy) is 2. The van der Waals surface area contributed by atoms with Gasteiger partial charge in [-0.3, -0.25) is 4.79 Å². The van der Waals surface area contributed by atoms with Crippen molar-refractivity contribution >= 4 is 17.6 Å². The highest BCUT2D eigenvalue weighted by Gasteiger charge is 2.19. The van der Waals surface area contributed by atoms with Crippen molar-refractivity contribution in [1.29, 1.82) is 0 Å². The topological polar surface area (TPSA) is 71.1 Å². The lowest BCUT2D eigenvalue weighted by molar-refractivity contribution is -0.137. The molecule has 2 fully saturated rings. The Morgan fingerprint density at radius 3 is 2.38 bits per heavy atom. The molecule has 1 aromatic rings. The quantitative estimate of drug-likeness (QED) is 0.893. The summed E-state index contributed by atoms with van der Waals surface area (Å²) in [6.07, 6.45) is 4.43. The maximum Gasteiger partial charge on any atom is 0.321 e. The second-order valence-electron chi connectivity index (χ2n) is 6.61. The van der Waals surface area contributed by atoms with Crippen molar-refractivity contribution in [3.63, 3.8) is 0 Å². The van der Waals surface area contributed by atoms with Crippen LogP contribution in [0.3, 0.4) is 0 Å². The Bertz CT molecular complexity index is 609. The number of anilines is 1. The van der Waals surface area contributed by atoms with Crippen LogP contribution in [0.1, 0.15) is 25.7 Å². The lowest BCUT2D eigenvalue weighted by Gasteiger charge is -2.27. The van der Waals surface area contributed by atoms with E-state index in [9.17, 15) is 9.59 Å². The van der Waals surface area contributed by atoms with Gasteiger partial charge in [0.1, 0.15) is 5.75 Å². The molecule has 0 aromatic heterocycles. The Morgan fingerprint density at radius 1 is 0.962 bits per heavy atom. The van der Waals surface area contributed by atoms with Gasteiger partial charge in [-0.15, -0.1) is 0 Å². The number of nitrogens with zero attached hydrogens (tertiary/aromatic N) is 2. The molecule has 1 N–H and O–H groups in total. The summed E-state index contributed by atoms with van der Waals surface area (Å²) >= 11 is 0. The molecule has 0 aliphatic carbocycles. The highest BCUT2D eigenvalue weighted by molar-refractivity contribution is 5.91. The van der Waals surface area contributed by atoms with Gasteiger partial charge in [0.15, 0.2) is 6.61 Å². The summed E-state index contributed by atoms with van der Waals surface area (Å²) in [5.41, 5.74) is 0.594. The molecular formula is C19H27N3O4. The monoisotopic (exact) mass is 361 g/mol. The molecule has 3 rings (SSSR count). The van der Waals surface area contributed by atoms with Gasteiger partial charge in [0.05, 0.1) is 18.9 Å². The van der Waals surface area contributed by atoms with Crippen LogP contribution in [0.15, 0.2) is 24.3 Å². The van der Waals surface area contributed by atoms with Gasteiger partial charge in [0, 0.05) is 26.2 Å². The van der Waals surface area contributed by atoms with Crippen molar-refractivity contribution in [1.82, 2.24) is 9.80 Å². The van der Waals surface area contributed by atoms with Gasteiger partial charge in [-0.05, 0) is 25.0 Å². The number of hydrogen-bond acceptors (Lipinski definition) is 4. The minimum absolute atomic E-state index is 0.0450. The summed E-state index contributed by atoms with van der Waals surface area (Å²) in [5.74, 6) is 0.444. The molecule has 0 bridgehead atoms. The largest absolute Gasteiger partial charge is 0.482 e. The Morgan fingerprint density at radius 2 is 1.65 bits per heavy atom. The van der Waals surface area contributed by atoms with Crippen molar-refractivity contribution in [2.24, 2.45) is 0 Å². The Hall–Kier alpha value is -2.28. The normalized spacial score (nSPS) is 18.2. The Balaban J connectivity index is 1.56. The molecule has 2 saturated heterocycles. The lowest BCUT2D eigenvalue weighted by atomic mass is 10.2. The number of urea groups is 1. The van der Waals surface area contributed by atoms with E-state index in [4.69, 9.17) is 9.47 Å². The summed E-state index contributed by atoms with van der Waals surface area (Å²) in [5, 5.41) is 2.93. The highest BCUT2D eigenvalue weighted by atomic mass is 16.5. The minimum atomic E-state index is -0.109. The number of likely N-dealkylation sites (tertiary alicyclic amines) is 1. The summed E-state index contributed by atoms with van der Waals surface area (Å²) in [6, 6.07) is 7.13. The van der Waals surface area contributed by atoms with Gasteiger partial charge in [0.2, 0.25) is 0 Å². The zero-order chi connectivity index (χ0) is 18.2. The minimum Gasteiger partial charge on any atom is -0.482 e. The molecule has 2 aliphatic heterocycles. The van der Waals surface area contributed by atoms with E-state index in [1.807, 2.05) is 17.0 Å². The van der Waals surface area contributed by atoms with Crippen LogP contribution in [0.2, 0.25) is 0 Å². The van der Waals surface area contributed by atoms with Gasteiger partial charge >= 0.3 is 6.03 Å². The van der Waals surface area contributed by atoms with Crippen molar-refractivity contribution in [3.05, 3.63) is 24.3 Å². The van der Waals surface area contributed by atoms with Crippen molar-refractivity contribution in [2.75, 3.05) is 51.3 Å². The van der Waals surface area contributed by atoms with Gasteiger partial charge in [0.25, 0.3) is 5.91 Å². The van der Waals surface area contributed by atoms with Gasteiger partial charge in [-0.1, -0.05) is 25.0 Å². The van der Waals surface area contributed by atoms with Crippen LogP contribution < -0.4 is 10.1 Å². The third kappa shape index (κ3) is 5.11. The van der Waals surface area contributed by atoms with Crippen molar-refractivity contribution < 1.29 is 19.1 Å². The first-order chi connectivity index (χ1) is 12.7. The average Bonchev–Trinajstić information content (AvgIpc) is 2.97. The van der Waals surface area contributed by atoms with E-state index in [0.717, 1.165) is 25.9 Å². The van der Waals surface area contributed by atoms with Crippen LogP contribution in [0.4, 0.5) is 10.5 Å². The van der Waals surface area contributed by atoms with E-state index in [1.54, 1.807) is 17.0 Å². The van der Waals surface area contributed by atoms with Crippen LogP contribution in [-0.2, 0) is 9.53 Å². The second kappa shape index (κ2) is 9.43. The number of para-hydroxylation sites is 2. The van der Waals surface area contributed by atoms with Gasteiger partial charge in [-0.25, -0.2) is 4.79 Å². The molecule has 26 heavy (non-hydrogen) atoms. The first-order valence-corrected chi connectivity index (χ1v) is 9.37. The summed E-state index contributed by atoms with van der Waals surface area (Å²) in [7, 11) is 0. The molecule has 2 heterocycles. The van der Waals surface area contributed by atoms with Crippen molar-refractivity contribution in [2.45, 2.75) is 25.7 Å². The smallest absolute Gasteiger partial charge is 0.321 e. The zero-order valence-corrected chi connectivity index (χ0v) is 15.1. The van der Waals surface area contributed by atoms with E-state index in [1.165, 1.54) is 12.8 Å². The first kappa shape index (κ1) is 18.5. The standard InChI is InChI=1S/C19H27N3O4/c23-18(21-11-13-25-14-12-21)15-26-17-8-4-3-7-16(17)20-19(24)22-9-5-1-2-6-10-22/h3-4,7-8H,1-2,5-6,9-15H2,(H,20,24). The Kier molecular flexibility index (Phi) is 6.71. The summed E-state index contributed by atoms with van der Waals surface area (Å²) < 4.78 is 11.0. The number of amides is 3. The van der Waals surface area contributed by atoms with Crippen LogP contribution in [-0.4, -0.2) is 67.7 Å². The third-order valence-corrected chi connectivity index (χ3v) is 4.74. The number of carbonyl (C=O) groups is 2. The second-order valence-corrected chi connectivity index (χ2v) is 6.61. The van der Waals surface area contributed by atoms with E-state index in [2.05, 4.69) is 5.32 Å². The van der Waals surface area contributed by atoms with Gasteiger partial charge < -0.3 is 24.6 Å². The third-order valence-electron chi connectivity index (χ3n) is 4.74. The molecular weight excluding hydrogens is 334 g/mol. The van der Waals surface area contributed by atoms with E-state index < -0.39 is 0 Å². The number of morpholine rings is 1. The van der Waals surface area contributed by atoms with Crippen molar-refractivity contribution in [3.8, 4) is 5.75 Å². The highest BCUT2D eigenvalue weighted by Crippen LogP contribution is 2.24. The fourth-order valence-electron chi connectivity index (χ4n) is 3.21. The van der Waals surface area contributed by atoms with Crippen LogP contribution >= 0.6 is 0 Å². The zero-order valence-electron chi connectivity index (χ0n) is 15.1. The van der Waals surface area contributed by atoms with Crippen LogP contribution in [0.5, 0.6) is 5.75 Å². The maximum atomic E-state index is 12.5. The predicted molar refractivity (Wildman–Crippen MR) is 98.4 cm³/mol. The average molecular weight is 361 g/mol. The molecule has 2 aliphatic rings. The molecule has 0 unspecified atom stereocenters. The fourth-order valence-corrected chi connectivity index (χ4v) is 3.21. The number of rotatable bonds is 4. The fraction of sp³-hybridized carbons (Fsp3) is 0.579. The predicted octanol–water partition coefficient (Wildman–Crippen LogP) is 2.33. The molecule has 3 amide bonds. The first-order valence-electron chi connectivity index (χ1n) is 9.37.